The van der Waals surface area contributed by atoms with Gasteiger partial charge in [0.25, 0.3) is 5.56 Å². The normalized spacial score (nSPS) is 14.5. The van der Waals surface area contributed by atoms with Crippen molar-refractivity contribution in [3.05, 3.63) is 92.4 Å². The molecule has 0 unspecified atom stereocenters. The van der Waals surface area contributed by atoms with Gasteiger partial charge in [-0.1, -0.05) is 37.1 Å². The van der Waals surface area contributed by atoms with Gasteiger partial charge in [-0.05, 0) is 43.0 Å². The van der Waals surface area contributed by atoms with E-state index in [1.807, 2.05) is 31.2 Å². The predicted molar refractivity (Wildman–Crippen MR) is 117 cm³/mol. The Labute approximate surface area is 182 Å². The summed E-state index contributed by atoms with van der Waals surface area (Å²) in [5.41, 5.74) is 1.14. The molecule has 0 saturated heterocycles. The van der Waals surface area contributed by atoms with E-state index in [0.717, 1.165) is 40.7 Å². The number of hydrogen-bond acceptors (Lipinski definition) is 3. The second-order valence-electron chi connectivity index (χ2n) is 8.30. The minimum absolute atomic E-state index is 0.0633. The van der Waals surface area contributed by atoms with Gasteiger partial charge in [-0.2, -0.15) is 0 Å². The van der Waals surface area contributed by atoms with Crippen LogP contribution in [0.4, 0.5) is 8.78 Å². The molecule has 2 aromatic heterocycles. The number of aryl methyl sites for hydroxylation is 1. The second-order valence-corrected chi connectivity index (χ2v) is 8.30. The fourth-order valence-corrected chi connectivity index (χ4v) is 4.61. The number of hydrogen-bond donors (Lipinski definition) is 0. The highest BCUT2D eigenvalue weighted by atomic mass is 19.1. The van der Waals surface area contributed by atoms with Crippen molar-refractivity contribution in [2.45, 2.75) is 45.2 Å². The van der Waals surface area contributed by atoms with Crippen LogP contribution in [0.2, 0.25) is 0 Å². The quantitative estimate of drug-likeness (QED) is 0.484. The van der Waals surface area contributed by atoms with Gasteiger partial charge in [0.2, 0.25) is 0 Å². The van der Waals surface area contributed by atoms with Crippen LogP contribution in [0.25, 0.3) is 16.9 Å². The van der Waals surface area contributed by atoms with E-state index in [-0.39, 0.29) is 22.9 Å². The predicted octanol–water partition coefficient (Wildman–Crippen LogP) is 4.10. The molecule has 0 spiro atoms. The number of imidazole rings is 1. The highest BCUT2D eigenvalue weighted by Gasteiger charge is 2.27. The molecule has 1 fully saturated rings. The van der Waals surface area contributed by atoms with Crippen LogP contribution in [0.5, 0.6) is 0 Å². The Bertz CT molecular complexity index is 1440. The van der Waals surface area contributed by atoms with Crippen LogP contribution in [-0.2, 0) is 6.54 Å². The van der Waals surface area contributed by atoms with Crippen molar-refractivity contribution in [3.63, 3.8) is 0 Å². The van der Waals surface area contributed by atoms with Crippen LogP contribution in [-0.4, -0.2) is 18.7 Å². The first-order valence-corrected chi connectivity index (χ1v) is 10.7. The van der Waals surface area contributed by atoms with Gasteiger partial charge in [0.15, 0.2) is 11.2 Å². The number of halogens is 2. The first-order chi connectivity index (χ1) is 15.5. The lowest BCUT2D eigenvalue weighted by molar-refractivity contribution is 0.472. The van der Waals surface area contributed by atoms with E-state index in [1.54, 1.807) is 4.57 Å². The fourth-order valence-electron chi connectivity index (χ4n) is 4.61. The maximum absolute atomic E-state index is 14.7. The SMILES string of the molecule is Cc1ccccc1Cn1cnc2c1c(=O)n(C1CCCC1)c(=O)n2-c1ccc(F)cc1F. The third-order valence-electron chi connectivity index (χ3n) is 6.29. The molecule has 0 amide bonds. The van der Waals surface area contributed by atoms with Crippen LogP contribution < -0.4 is 11.2 Å². The average Bonchev–Trinajstić information content (AvgIpc) is 3.42. The van der Waals surface area contributed by atoms with E-state index in [9.17, 15) is 18.4 Å². The van der Waals surface area contributed by atoms with E-state index < -0.39 is 22.9 Å². The summed E-state index contributed by atoms with van der Waals surface area (Å²) in [6, 6.07) is 10.6. The molecular formula is C24H22F2N4O2. The van der Waals surface area contributed by atoms with Crippen LogP contribution in [0.15, 0.2) is 58.4 Å². The molecule has 32 heavy (non-hydrogen) atoms. The summed E-state index contributed by atoms with van der Waals surface area (Å²) in [5.74, 6) is -1.64. The first-order valence-electron chi connectivity index (χ1n) is 10.7. The van der Waals surface area contributed by atoms with Crippen LogP contribution in [0, 0.1) is 18.6 Å². The molecule has 164 valence electrons. The number of benzene rings is 2. The third-order valence-corrected chi connectivity index (χ3v) is 6.29. The Kier molecular flexibility index (Phi) is 5.00. The van der Waals surface area contributed by atoms with Crippen molar-refractivity contribution in [1.29, 1.82) is 0 Å². The molecule has 6 nitrogen and oxygen atoms in total. The largest absolute Gasteiger partial charge is 0.337 e. The highest BCUT2D eigenvalue weighted by molar-refractivity contribution is 5.72. The third kappa shape index (κ3) is 3.26. The lowest BCUT2D eigenvalue weighted by Gasteiger charge is -2.17. The number of nitrogens with zero attached hydrogens (tertiary/aromatic N) is 4. The lowest BCUT2D eigenvalue weighted by atomic mass is 10.1. The van der Waals surface area contributed by atoms with E-state index in [2.05, 4.69) is 4.98 Å². The molecule has 1 saturated carbocycles. The van der Waals surface area contributed by atoms with Gasteiger partial charge in [-0.25, -0.2) is 23.1 Å². The van der Waals surface area contributed by atoms with Crippen molar-refractivity contribution in [2.24, 2.45) is 0 Å². The Balaban J connectivity index is 1.81. The molecule has 1 aliphatic carbocycles. The zero-order valence-corrected chi connectivity index (χ0v) is 17.6. The lowest BCUT2D eigenvalue weighted by Crippen LogP contribution is -2.42. The average molecular weight is 436 g/mol. The fraction of sp³-hybridized carbons (Fsp3) is 0.292. The molecule has 2 heterocycles. The zero-order chi connectivity index (χ0) is 22.4. The summed E-state index contributed by atoms with van der Waals surface area (Å²) < 4.78 is 32.3. The molecule has 0 aliphatic heterocycles. The van der Waals surface area contributed by atoms with Gasteiger partial charge in [-0.3, -0.25) is 9.36 Å². The Morgan fingerprint density at radius 2 is 1.81 bits per heavy atom. The van der Waals surface area contributed by atoms with Gasteiger partial charge in [-0.15, -0.1) is 0 Å². The summed E-state index contributed by atoms with van der Waals surface area (Å²) in [6.45, 7) is 2.36. The molecule has 4 aromatic rings. The van der Waals surface area contributed by atoms with Gasteiger partial charge in [0.1, 0.15) is 11.6 Å². The molecule has 0 bridgehead atoms. The Morgan fingerprint density at radius 3 is 2.53 bits per heavy atom. The Morgan fingerprint density at radius 1 is 1.06 bits per heavy atom. The monoisotopic (exact) mass is 436 g/mol. The summed E-state index contributed by atoms with van der Waals surface area (Å²) in [4.78, 5) is 31.3. The smallest absolute Gasteiger partial charge is 0.320 e. The van der Waals surface area contributed by atoms with Crippen molar-refractivity contribution in [2.75, 3.05) is 0 Å². The van der Waals surface area contributed by atoms with Crippen molar-refractivity contribution in [3.8, 4) is 5.69 Å². The van der Waals surface area contributed by atoms with E-state index >= 15 is 0 Å². The number of aromatic nitrogens is 4. The highest BCUT2D eigenvalue weighted by Crippen LogP contribution is 2.28. The molecule has 8 heteroatoms. The molecule has 2 aromatic carbocycles. The molecule has 0 atom stereocenters. The van der Waals surface area contributed by atoms with Crippen LogP contribution in [0.3, 0.4) is 0 Å². The van der Waals surface area contributed by atoms with Crippen molar-refractivity contribution >= 4 is 11.2 Å². The molecule has 0 radical (unpaired) electrons. The van der Waals surface area contributed by atoms with Crippen LogP contribution >= 0.6 is 0 Å². The molecule has 1 aliphatic rings. The maximum Gasteiger partial charge on any atom is 0.337 e. The summed E-state index contributed by atoms with van der Waals surface area (Å²) in [5, 5.41) is 0. The molecule has 0 N–H and O–H groups in total. The molecular weight excluding hydrogens is 414 g/mol. The maximum atomic E-state index is 14.7. The second kappa shape index (κ2) is 7.85. The number of fused-ring (bicyclic) bond motifs is 1. The molecule has 5 rings (SSSR count). The van der Waals surface area contributed by atoms with E-state index in [4.69, 9.17) is 0 Å². The topological polar surface area (TPSA) is 61.8 Å². The van der Waals surface area contributed by atoms with Gasteiger partial charge in [0, 0.05) is 18.7 Å². The van der Waals surface area contributed by atoms with Crippen LogP contribution in [0.1, 0.15) is 42.9 Å². The van der Waals surface area contributed by atoms with E-state index in [0.29, 0.717) is 19.4 Å². The van der Waals surface area contributed by atoms with Gasteiger partial charge >= 0.3 is 5.69 Å². The first kappa shape index (κ1) is 20.4. The number of rotatable bonds is 4. The minimum atomic E-state index is -0.890. The van der Waals surface area contributed by atoms with Crippen molar-refractivity contribution < 1.29 is 8.78 Å². The summed E-state index contributed by atoms with van der Waals surface area (Å²) in [6.07, 6.45) is 4.75. The Hall–Kier alpha value is -3.55. The van der Waals surface area contributed by atoms with Gasteiger partial charge < -0.3 is 4.57 Å². The minimum Gasteiger partial charge on any atom is -0.320 e. The summed E-state index contributed by atoms with van der Waals surface area (Å²) >= 11 is 0. The standard InChI is InChI=1S/C24H22F2N4O2/c1-15-6-2-3-7-16(15)13-28-14-27-22-21(28)23(31)29(18-8-4-5-9-18)24(32)30(22)20-11-10-17(25)12-19(20)26/h2-3,6-7,10-12,14,18H,4-5,8-9,13H2,1H3. The zero-order valence-electron chi connectivity index (χ0n) is 17.6. The van der Waals surface area contributed by atoms with E-state index in [1.165, 1.54) is 17.0 Å². The van der Waals surface area contributed by atoms with Gasteiger partial charge in [0.05, 0.1) is 12.0 Å². The van der Waals surface area contributed by atoms with Crippen molar-refractivity contribution in [1.82, 2.24) is 18.7 Å². The summed E-state index contributed by atoms with van der Waals surface area (Å²) in [7, 11) is 0.